The number of benzene rings is 1. The number of hydrogen-bond acceptors (Lipinski definition) is 4. The van der Waals surface area contributed by atoms with Crippen molar-refractivity contribution in [2.24, 2.45) is 5.92 Å². The van der Waals surface area contributed by atoms with Gasteiger partial charge in [-0.3, -0.25) is 9.59 Å². The molecule has 2 aliphatic heterocycles. The molecule has 2 atom stereocenters. The summed E-state index contributed by atoms with van der Waals surface area (Å²) in [5, 5.41) is 1.03. The number of methoxy groups -OCH3 is 1. The number of hydrogen-bond donors (Lipinski definition) is 0. The van der Waals surface area contributed by atoms with Crippen molar-refractivity contribution >= 4 is 22.7 Å². The van der Waals surface area contributed by atoms with E-state index in [-0.39, 0.29) is 30.0 Å². The molecule has 0 spiro atoms. The molecule has 148 valence electrons. The number of carbonyl (C=O) groups excluding carboxylic acids is 2. The average Bonchev–Trinajstić information content (AvgIpc) is 2.71. The Labute approximate surface area is 165 Å². The fourth-order valence-electron chi connectivity index (χ4n) is 4.61. The van der Waals surface area contributed by atoms with Crippen LogP contribution in [0.2, 0.25) is 0 Å². The van der Waals surface area contributed by atoms with E-state index in [1.54, 1.807) is 7.11 Å². The van der Waals surface area contributed by atoms with Crippen LogP contribution in [0, 0.1) is 5.92 Å². The molecule has 2 saturated heterocycles. The van der Waals surface area contributed by atoms with Crippen LogP contribution in [0.4, 0.5) is 0 Å². The van der Waals surface area contributed by atoms with E-state index in [1.165, 1.54) is 0 Å². The molecule has 4 rings (SSSR count). The second kappa shape index (κ2) is 7.51. The lowest BCUT2D eigenvalue weighted by Gasteiger charge is -2.53. The minimum atomic E-state index is -0.336. The Bertz CT molecular complexity index is 889. The van der Waals surface area contributed by atoms with Crippen LogP contribution in [-0.4, -0.2) is 65.0 Å². The van der Waals surface area contributed by atoms with Crippen molar-refractivity contribution in [3.8, 4) is 0 Å². The van der Waals surface area contributed by atoms with E-state index in [2.05, 4.69) is 4.98 Å². The van der Waals surface area contributed by atoms with Gasteiger partial charge in [-0.05, 0) is 44.7 Å². The largest absolute Gasteiger partial charge is 0.369 e. The molecular weight excluding hydrogens is 354 g/mol. The number of likely N-dealkylation sites (tertiary alicyclic amines) is 2. The molecule has 6 heteroatoms. The van der Waals surface area contributed by atoms with Gasteiger partial charge < -0.3 is 14.5 Å². The Balaban J connectivity index is 1.43. The molecule has 2 unspecified atom stereocenters. The summed E-state index contributed by atoms with van der Waals surface area (Å²) in [5.41, 5.74) is 1.33. The molecule has 2 aliphatic rings. The lowest BCUT2D eigenvalue weighted by molar-refractivity contribution is -0.181. The number of rotatable bonds is 4. The second-order valence-corrected chi connectivity index (χ2v) is 8.00. The standard InChI is InChI=1S/C22H27N3O3/c1-14(2)25-19(20(28-3)22(25)27)16-10-12-24(13-11-16)21(26)18-9-8-15-6-4-5-7-17(15)23-18/h4-9,14,16,19-20H,10-13H2,1-3H3. The van der Waals surface area contributed by atoms with E-state index in [0.717, 1.165) is 23.7 Å². The van der Waals surface area contributed by atoms with E-state index < -0.39 is 0 Å². The molecule has 28 heavy (non-hydrogen) atoms. The van der Waals surface area contributed by atoms with Crippen LogP contribution in [0.3, 0.4) is 0 Å². The minimum absolute atomic E-state index is 0.0158. The van der Waals surface area contributed by atoms with Gasteiger partial charge in [0.15, 0.2) is 6.10 Å². The van der Waals surface area contributed by atoms with Gasteiger partial charge in [0, 0.05) is 31.6 Å². The summed E-state index contributed by atoms with van der Waals surface area (Å²) in [4.78, 5) is 33.6. The Kier molecular flexibility index (Phi) is 5.06. The number of pyridine rings is 1. The normalized spacial score (nSPS) is 23.4. The lowest BCUT2D eigenvalue weighted by Crippen LogP contribution is -2.70. The third-order valence-electron chi connectivity index (χ3n) is 6.07. The molecule has 2 fully saturated rings. The number of β-lactam (4-membered cyclic amide) rings is 1. The van der Waals surface area contributed by atoms with Crippen molar-refractivity contribution in [2.75, 3.05) is 20.2 Å². The number of para-hydroxylation sites is 1. The smallest absolute Gasteiger partial charge is 0.272 e. The van der Waals surface area contributed by atoms with Crippen molar-refractivity contribution in [3.05, 3.63) is 42.1 Å². The van der Waals surface area contributed by atoms with Crippen LogP contribution in [0.15, 0.2) is 36.4 Å². The first-order valence-electron chi connectivity index (χ1n) is 10.0. The van der Waals surface area contributed by atoms with Gasteiger partial charge in [0.25, 0.3) is 11.8 Å². The molecular formula is C22H27N3O3. The highest BCUT2D eigenvalue weighted by Gasteiger charge is 2.52. The fourth-order valence-corrected chi connectivity index (χ4v) is 4.61. The first kappa shape index (κ1) is 18.9. The molecule has 0 aliphatic carbocycles. The number of ether oxygens (including phenoxy) is 1. The van der Waals surface area contributed by atoms with Crippen LogP contribution in [0.5, 0.6) is 0 Å². The van der Waals surface area contributed by atoms with Crippen LogP contribution < -0.4 is 0 Å². The maximum atomic E-state index is 12.9. The first-order valence-corrected chi connectivity index (χ1v) is 10.0. The van der Waals surface area contributed by atoms with E-state index >= 15 is 0 Å². The summed E-state index contributed by atoms with van der Waals surface area (Å²) in [6.45, 7) is 5.46. The molecule has 0 radical (unpaired) electrons. The number of fused-ring (bicyclic) bond motifs is 1. The van der Waals surface area contributed by atoms with Crippen LogP contribution in [0.1, 0.15) is 37.2 Å². The van der Waals surface area contributed by atoms with Crippen LogP contribution in [-0.2, 0) is 9.53 Å². The first-order chi connectivity index (χ1) is 13.5. The van der Waals surface area contributed by atoms with Gasteiger partial charge >= 0.3 is 0 Å². The summed E-state index contributed by atoms with van der Waals surface area (Å²) in [5.74, 6) is 0.429. The zero-order valence-electron chi connectivity index (χ0n) is 16.7. The van der Waals surface area contributed by atoms with E-state index in [0.29, 0.717) is 24.7 Å². The molecule has 0 saturated carbocycles. The fraction of sp³-hybridized carbons (Fsp3) is 0.500. The lowest BCUT2D eigenvalue weighted by atomic mass is 9.79. The van der Waals surface area contributed by atoms with Gasteiger partial charge in [0.1, 0.15) is 5.69 Å². The maximum absolute atomic E-state index is 12.9. The van der Waals surface area contributed by atoms with Gasteiger partial charge in [-0.15, -0.1) is 0 Å². The highest BCUT2D eigenvalue weighted by Crippen LogP contribution is 2.36. The second-order valence-electron chi connectivity index (χ2n) is 8.00. The topological polar surface area (TPSA) is 62.7 Å². The monoisotopic (exact) mass is 381 g/mol. The predicted octanol–water partition coefficient (Wildman–Crippen LogP) is 2.72. The van der Waals surface area contributed by atoms with Crippen molar-refractivity contribution in [1.29, 1.82) is 0 Å². The minimum Gasteiger partial charge on any atom is -0.369 e. The molecule has 3 heterocycles. The van der Waals surface area contributed by atoms with Gasteiger partial charge in [0.2, 0.25) is 0 Å². The third-order valence-corrected chi connectivity index (χ3v) is 6.07. The Morgan fingerprint density at radius 1 is 1.14 bits per heavy atom. The maximum Gasteiger partial charge on any atom is 0.272 e. The summed E-state index contributed by atoms with van der Waals surface area (Å²) >= 11 is 0. The molecule has 2 amide bonds. The molecule has 2 aromatic rings. The van der Waals surface area contributed by atoms with E-state index in [1.807, 2.05) is 60.0 Å². The number of amides is 2. The summed E-state index contributed by atoms with van der Waals surface area (Å²) in [6.07, 6.45) is 1.41. The highest BCUT2D eigenvalue weighted by atomic mass is 16.5. The average molecular weight is 381 g/mol. The molecule has 1 aromatic carbocycles. The Hall–Kier alpha value is -2.47. The highest BCUT2D eigenvalue weighted by molar-refractivity contribution is 5.95. The summed E-state index contributed by atoms with van der Waals surface area (Å²) < 4.78 is 5.45. The number of carbonyl (C=O) groups is 2. The van der Waals surface area contributed by atoms with Crippen molar-refractivity contribution in [3.63, 3.8) is 0 Å². The van der Waals surface area contributed by atoms with E-state index in [4.69, 9.17) is 4.74 Å². The predicted molar refractivity (Wildman–Crippen MR) is 107 cm³/mol. The Morgan fingerprint density at radius 3 is 2.54 bits per heavy atom. The zero-order chi connectivity index (χ0) is 19.8. The van der Waals surface area contributed by atoms with Gasteiger partial charge in [0.05, 0.1) is 11.6 Å². The van der Waals surface area contributed by atoms with Crippen molar-refractivity contribution in [2.45, 2.75) is 44.9 Å². The quantitative estimate of drug-likeness (QED) is 0.764. The van der Waals surface area contributed by atoms with Crippen LogP contribution >= 0.6 is 0 Å². The van der Waals surface area contributed by atoms with Crippen molar-refractivity contribution < 1.29 is 14.3 Å². The molecule has 1 aromatic heterocycles. The summed E-state index contributed by atoms with van der Waals surface area (Å²) in [6, 6.07) is 11.9. The van der Waals surface area contributed by atoms with Crippen molar-refractivity contribution in [1.82, 2.24) is 14.8 Å². The number of nitrogens with zero attached hydrogens (tertiary/aromatic N) is 3. The molecule has 0 N–H and O–H groups in total. The van der Waals surface area contributed by atoms with Gasteiger partial charge in [-0.25, -0.2) is 4.98 Å². The zero-order valence-corrected chi connectivity index (χ0v) is 16.7. The van der Waals surface area contributed by atoms with Gasteiger partial charge in [-0.1, -0.05) is 24.3 Å². The van der Waals surface area contributed by atoms with Crippen LogP contribution in [0.25, 0.3) is 10.9 Å². The SMILES string of the molecule is COC1C(=O)N(C(C)C)C1C1CCN(C(=O)c2ccc3ccccc3n2)CC1. The summed E-state index contributed by atoms with van der Waals surface area (Å²) in [7, 11) is 1.61. The third kappa shape index (κ3) is 3.15. The number of aromatic nitrogens is 1. The Morgan fingerprint density at radius 2 is 1.86 bits per heavy atom. The van der Waals surface area contributed by atoms with Gasteiger partial charge in [-0.2, -0.15) is 0 Å². The molecule has 0 bridgehead atoms. The molecule has 6 nitrogen and oxygen atoms in total. The number of piperidine rings is 1. The van der Waals surface area contributed by atoms with E-state index in [9.17, 15) is 9.59 Å².